The van der Waals surface area contributed by atoms with Gasteiger partial charge in [0.25, 0.3) is 0 Å². The van der Waals surface area contributed by atoms with E-state index in [2.05, 4.69) is 162 Å². The van der Waals surface area contributed by atoms with Crippen LogP contribution in [-0.4, -0.2) is 0 Å². The fraction of sp³-hybridized carbons (Fsp3) is 0.303. The molecule has 0 aliphatic heterocycles. The smallest absolute Gasteiger partial charge is 0.143 e. The van der Waals surface area contributed by atoms with Gasteiger partial charge in [-0.1, -0.05) is 248 Å². The SMILES string of the molecule is C=C(/C=C\C(=C)C(C)C/C=C(C)/C(C)=C/C=C\C)Nc1ccc(-c2cccc3c2oc2ccccc23)cc1.C=C/C=C(\C=C/C)c1cccc2c3c(oc12)C(C)CC=C3.CC.CC.CC.CC.CC. The molecule has 1 N–H and O–H groups in total. The number of hydrogen-bond acceptors (Lipinski definition) is 3. The number of benzene rings is 4. The van der Waals surface area contributed by atoms with Crippen LogP contribution in [-0.2, 0) is 0 Å². The Balaban J connectivity index is 0.000000647. The van der Waals surface area contributed by atoms with Crippen LogP contribution in [0.4, 0.5) is 5.69 Å². The second kappa shape index (κ2) is 33.8. The molecule has 3 heteroatoms. The lowest BCUT2D eigenvalue weighted by Crippen LogP contribution is -1.98. The molecule has 69 heavy (non-hydrogen) atoms. The molecule has 2 aromatic heterocycles. The summed E-state index contributed by atoms with van der Waals surface area (Å²) in [5.41, 5.74) is 14.0. The van der Waals surface area contributed by atoms with Gasteiger partial charge in [-0.15, -0.1) is 0 Å². The number of rotatable bonds is 13. The van der Waals surface area contributed by atoms with Crippen molar-refractivity contribution in [1.29, 1.82) is 0 Å². The van der Waals surface area contributed by atoms with Gasteiger partial charge in [-0.25, -0.2) is 0 Å². The van der Waals surface area contributed by atoms with Crippen molar-refractivity contribution in [3.8, 4) is 11.1 Å². The summed E-state index contributed by atoms with van der Waals surface area (Å²) in [5, 5.41) is 6.87. The molecule has 2 unspecified atom stereocenters. The molecule has 0 saturated carbocycles. The average molecular weight is 926 g/mol. The fourth-order valence-electron chi connectivity index (χ4n) is 7.31. The van der Waals surface area contributed by atoms with Gasteiger partial charge in [0.15, 0.2) is 0 Å². The van der Waals surface area contributed by atoms with E-state index in [4.69, 9.17) is 8.83 Å². The topological polar surface area (TPSA) is 38.3 Å². The standard InChI is InChI=1S/C36H37NO.C20H20O.5C2H6/c1-7-8-12-25(2)26(3)17-18-27(4)28(5)19-20-29(6)37-31-23-21-30(22-24-31)32-14-11-15-34-33-13-9-10-16-35(33)38-36(32)34;1-4-8-15(9-5-2)16-11-7-13-18-17-12-6-10-14(3)19(17)21-20(16)18;5*1-2/h7-17,19-24,27,37H,5-6,18H2,1-4H3;4-9,11-14H,1,10H2,2-3H3;5*1-2H3/b8-7-,20-19-,25-12+,26-17+;9-5-,15-8+;;;;;. The van der Waals surface area contributed by atoms with Crippen molar-refractivity contribution in [1.82, 2.24) is 0 Å². The molecular weight excluding hydrogens is 839 g/mol. The fourth-order valence-corrected chi connectivity index (χ4v) is 7.31. The van der Waals surface area contributed by atoms with Crippen LogP contribution >= 0.6 is 0 Å². The molecular formula is C66H87NO2. The molecule has 1 aliphatic rings. The van der Waals surface area contributed by atoms with E-state index in [9.17, 15) is 0 Å². The minimum Gasteiger partial charge on any atom is -0.459 e. The minimum atomic E-state index is 0.351. The highest BCUT2D eigenvalue weighted by Crippen LogP contribution is 2.40. The van der Waals surface area contributed by atoms with Gasteiger partial charge < -0.3 is 14.2 Å². The molecule has 0 radical (unpaired) electrons. The molecule has 0 fully saturated rings. The van der Waals surface area contributed by atoms with Crippen molar-refractivity contribution in [3.63, 3.8) is 0 Å². The predicted molar refractivity (Wildman–Crippen MR) is 314 cm³/mol. The number of hydrogen-bond donors (Lipinski definition) is 1. The van der Waals surface area contributed by atoms with Crippen LogP contribution in [0, 0.1) is 5.92 Å². The van der Waals surface area contributed by atoms with E-state index in [0.29, 0.717) is 11.8 Å². The molecule has 2 heterocycles. The maximum atomic E-state index is 6.25. The van der Waals surface area contributed by atoms with Crippen molar-refractivity contribution in [2.24, 2.45) is 5.92 Å². The average Bonchev–Trinajstić information content (AvgIpc) is 3.99. The van der Waals surface area contributed by atoms with Gasteiger partial charge in [0, 0.05) is 50.2 Å². The van der Waals surface area contributed by atoms with E-state index in [1.165, 1.54) is 22.1 Å². The molecule has 3 nitrogen and oxygen atoms in total. The van der Waals surface area contributed by atoms with E-state index in [-0.39, 0.29) is 0 Å². The number of allylic oxidation sites excluding steroid dienone is 15. The zero-order chi connectivity index (χ0) is 51.9. The van der Waals surface area contributed by atoms with Crippen molar-refractivity contribution >= 4 is 50.2 Å². The first-order chi connectivity index (χ1) is 33.6. The second-order valence-electron chi connectivity index (χ2n) is 15.3. The summed E-state index contributed by atoms with van der Waals surface area (Å²) in [5.74, 6) is 1.90. The van der Waals surface area contributed by atoms with Crippen LogP contribution in [0.3, 0.4) is 0 Å². The second-order valence-corrected chi connectivity index (χ2v) is 15.3. The van der Waals surface area contributed by atoms with Gasteiger partial charge in [-0.05, 0) is 87.4 Å². The highest BCUT2D eigenvalue weighted by atomic mass is 16.3. The van der Waals surface area contributed by atoms with Crippen molar-refractivity contribution < 1.29 is 8.83 Å². The summed E-state index contributed by atoms with van der Waals surface area (Å²) >= 11 is 0. The number of nitrogens with one attached hydrogen (secondary N) is 1. The third-order valence-corrected chi connectivity index (χ3v) is 10.9. The summed E-state index contributed by atoms with van der Waals surface area (Å²) in [6.45, 7) is 45.0. The summed E-state index contributed by atoms with van der Waals surface area (Å²) in [6, 6.07) is 29.2. The Morgan fingerprint density at radius 3 is 1.99 bits per heavy atom. The number of para-hydroxylation sites is 3. The molecule has 6 aromatic rings. The zero-order valence-corrected chi connectivity index (χ0v) is 45.5. The van der Waals surface area contributed by atoms with Crippen LogP contribution < -0.4 is 5.32 Å². The van der Waals surface area contributed by atoms with Crippen molar-refractivity contribution in [2.45, 2.75) is 130 Å². The first-order valence-electron chi connectivity index (χ1n) is 25.6. The van der Waals surface area contributed by atoms with Crippen LogP contribution in [0.2, 0.25) is 0 Å². The number of fused-ring (bicyclic) bond motifs is 6. The Morgan fingerprint density at radius 1 is 0.696 bits per heavy atom. The third-order valence-electron chi connectivity index (χ3n) is 10.9. The molecule has 368 valence electrons. The maximum absolute atomic E-state index is 6.25. The third kappa shape index (κ3) is 17.2. The molecule has 7 rings (SSSR count). The lowest BCUT2D eigenvalue weighted by atomic mass is 9.93. The van der Waals surface area contributed by atoms with Gasteiger partial charge in [-0.3, -0.25) is 0 Å². The number of furan rings is 2. The summed E-state index contributed by atoms with van der Waals surface area (Å²) in [7, 11) is 0. The maximum Gasteiger partial charge on any atom is 0.143 e. The van der Waals surface area contributed by atoms with Gasteiger partial charge in [-0.2, -0.15) is 0 Å². The molecule has 0 amide bonds. The van der Waals surface area contributed by atoms with Gasteiger partial charge >= 0.3 is 0 Å². The quantitative estimate of drug-likeness (QED) is 0.117. The molecule has 0 bridgehead atoms. The predicted octanol–water partition coefficient (Wildman–Crippen LogP) is 22.0. The monoisotopic (exact) mass is 926 g/mol. The zero-order valence-electron chi connectivity index (χ0n) is 45.5. The van der Waals surface area contributed by atoms with E-state index in [0.717, 1.165) is 85.3 Å². The Bertz CT molecular complexity index is 2690. The van der Waals surface area contributed by atoms with Crippen molar-refractivity contribution in [3.05, 3.63) is 211 Å². The summed E-state index contributed by atoms with van der Waals surface area (Å²) < 4.78 is 12.5. The lowest BCUT2D eigenvalue weighted by Gasteiger charge is -2.11. The van der Waals surface area contributed by atoms with E-state index in [1.807, 2.05) is 132 Å². The van der Waals surface area contributed by atoms with Crippen LogP contribution in [0.25, 0.3) is 55.7 Å². The van der Waals surface area contributed by atoms with Gasteiger partial charge in [0.1, 0.15) is 22.5 Å². The molecule has 0 spiro atoms. The summed E-state index contributed by atoms with van der Waals surface area (Å²) in [4.78, 5) is 0. The van der Waals surface area contributed by atoms with E-state index in [1.54, 1.807) is 0 Å². The van der Waals surface area contributed by atoms with Gasteiger partial charge in [0.2, 0.25) is 0 Å². The van der Waals surface area contributed by atoms with E-state index >= 15 is 0 Å². The largest absolute Gasteiger partial charge is 0.459 e. The number of anilines is 1. The molecule has 2 atom stereocenters. The molecule has 4 aromatic carbocycles. The lowest BCUT2D eigenvalue weighted by molar-refractivity contribution is 0.503. The molecule has 0 saturated heterocycles. The first-order valence-corrected chi connectivity index (χ1v) is 25.6. The Morgan fingerprint density at radius 2 is 1.33 bits per heavy atom. The van der Waals surface area contributed by atoms with Crippen LogP contribution in [0.5, 0.6) is 0 Å². The van der Waals surface area contributed by atoms with Crippen LogP contribution in [0.1, 0.15) is 146 Å². The van der Waals surface area contributed by atoms with E-state index < -0.39 is 0 Å². The normalized spacial score (nSPS) is 13.5. The van der Waals surface area contributed by atoms with Crippen LogP contribution in [0.15, 0.2) is 203 Å². The highest BCUT2D eigenvalue weighted by molar-refractivity contribution is 6.09. The minimum absolute atomic E-state index is 0.351. The Labute approximate surface area is 419 Å². The highest BCUT2D eigenvalue weighted by Gasteiger charge is 2.22. The Hall–Kier alpha value is -6.58. The Kier molecular flexibility index (Phi) is 29.6. The van der Waals surface area contributed by atoms with Gasteiger partial charge in [0.05, 0.1) is 0 Å². The summed E-state index contributed by atoms with van der Waals surface area (Å²) in [6.07, 6.45) is 27.0. The first kappa shape index (κ1) is 60.4. The molecule has 1 aliphatic carbocycles. The van der Waals surface area contributed by atoms with Crippen molar-refractivity contribution in [2.75, 3.05) is 5.32 Å².